The summed E-state index contributed by atoms with van der Waals surface area (Å²) in [7, 11) is 0. The molecule has 0 radical (unpaired) electrons. The second-order valence-electron chi connectivity index (χ2n) is 4.84. The molecule has 0 aliphatic rings. The lowest BCUT2D eigenvalue weighted by molar-refractivity contribution is 0.302. The first-order valence-electron chi connectivity index (χ1n) is 6.90. The predicted molar refractivity (Wildman–Crippen MR) is 79.1 cm³/mol. The number of ether oxygens (including phenoxy) is 1. The van der Waals surface area contributed by atoms with Crippen molar-refractivity contribution in [2.24, 2.45) is 0 Å². The lowest BCUT2D eigenvalue weighted by Gasteiger charge is -2.10. The molecule has 21 heavy (non-hydrogen) atoms. The molecule has 108 valence electrons. The lowest BCUT2D eigenvalue weighted by Crippen LogP contribution is -2.00. The third-order valence-corrected chi connectivity index (χ3v) is 3.35. The number of benzene rings is 1. The van der Waals surface area contributed by atoms with E-state index in [1.165, 1.54) is 18.2 Å². The maximum atomic E-state index is 13.6. The van der Waals surface area contributed by atoms with Crippen molar-refractivity contribution in [3.63, 3.8) is 0 Å². The summed E-state index contributed by atoms with van der Waals surface area (Å²) in [5, 5.41) is 11.6. The van der Waals surface area contributed by atoms with Gasteiger partial charge in [-0.15, -0.1) is 0 Å². The van der Waals surface area contributed by atoms with Crippen LogP contribution in [0.1, 0.15) is 19.8 Å². The number of nitrogens with zero attached hydrogens (tertiary/aromatic N) is 2. The highest BCUT2D eigenvalue weighted by Gasteiger charge is 2.13. The Morgan fingerprint density at radius 1 is 1.24 bits per heavy atom. The van der Waals surface area contributed by atoms with Gasteiger partial charge in [0.05, 0.1) is 17.5 Å². The van der Waals surface area contributed by atoms with Gasteiger partial charge in [0, 0.05) is 17.0 Å². The number of halogens is 1. The molecule has 0 saturated heterocycles. The molecule has 0 fully saturated rings. The van der Waals surface area contributed by atoms with Gasteiger partial charge in [0.25, 0.3) is 0 Å². The fourth-order valence-electron chi connectivity index (χ4n) is 2.29. The Labute approximate surface area is 121 Å². The molecule has 0 atom stereocenters. The molecule has 2 heterocycles. The minimum absolute atomic E-state index is 0.122. The SMILES string of the molecule is CCCCOc1nccc2nc(O)c3ccc(F)cc3c12. The standard InChI is InChI=1S/C16H15FN2O2/c1-2-3-8-21-16-14-12-9-10(17)4-5-11(12)15(20)19-13(14)6-7-18-16/h4-7,9H,2-3,8H2,1H3,(H,19,20). The molecule has 5 heteroatoms. The number of aromatic hydroxyl groups is 1. The van der Waals surface area contributed by atoms with Crippen LogP contribution < -0.4 is 4.74 Å². The van der Waals surface area contributed by atoms with E-state index in [-0.39, 0.29) is 11.7 Å². The van der Waals surface area contributed by atoms with Gasteiger partial charge in [-0.05, 0) is 30.7 Å². The zero-order chi connectivity index (χ0) is 14.8. The monoisotopic (exact) mass is 286 g/mol. The van der Waals surface area contributed by atoms with E-state index in [1.807, 2.05) is 0 Å². The quantitative estimate of drug-likeness (QED) is 0.585. The minimum atomic E-state index is -0.377. The van der Waals surface area contributed by atoms with Crippen molar-refractivity contribution in [3.05, 3.63) is 36.3 Å². The minimum Gasteiger partial charge on any atom is -0.493 e. The van der Waals surface area contributed by atoms with E-state index < -0.39 is 0 Å². The van der Waals surface area contributed by atoms with Crippen LogP contribution in [0.4, 0.5) is 4.39 Å². The Hall–Kier alpha value is -2.43. The van der Waals surface area contributed by atoms with Gasteiger partial charge in [0.2, 0.25) is 11.8 Å². The topological polar surface area (TPSA) is 55.2 Å². The molecule has 0 unspecified atom stereocenters. The Bertz CT molecular complexity index is 805. The van der Waals surface area contributed by atoms with Crippen LogP contribution in [0.3, 0.4) is 0 Å². The highest BCUT2D eigenvalue weighted by atomic mass is 19.1. The largest absolute Gasteiger partial charge is 0.493 e. The Balaban J connectivity index is 2.27. The molecule has 0 bridgehead atoms. The van der Waals surface area contributed by atoms with Crippen molar-refractivity contribution < 1.29 is 14.2 Å². The number of fused-ring (bicyclic) bond motifs is 3. The molecule has 1 N–H and O–H groups in total. The maximum Gasteiger partial charge on any atom is 0.223 e. The molecule has 3 aromatic rings. The third kappa shape index (κ3) is 2.46. The van der Waals surface area contributed by atoms with Gasteiger partial charge in [0.1, 0.15) is 5.82 Å². The van der Waals surface area contributed by atoms with Gasteiger partial charge in [-0.1, -0.05) is 13.3 Å². The molecule has 2 aromatic heterocycles. The summed E-state index contributed by atoms with van der Waals surface area (Å²) in [5.74, 6) is -0.0787. The van der Waals surface area contributed by atoms with Crippen molar-refractivity contribution >= 4 is 21.7 Å². The summed E-state index contributed by atoms with van der Waals surface area (Å²) >= 11 is 0. The second kappa shape index (κ2) is 5.52. The van der Waals surface area contributed by atoms with E-state index >= 15 is 0 Å². The fourth-order valence-corrected chi connectivity index (χ4v) is 2.29. The molecular formula is C16H15FN2O2. The summed E-state index contributed by atoms with van der Waals surface area (Å²) < 4.78 is 19.3. The van der Waals surface area contributed by atoms with Crippen molar-refractivity contribution in [2.45, 2.75) is 19.8 Å². The smallest absolute Gasteiger partial charge is 0.223 e. The number of hydrogen-bond donors (Lipinski definition) is 1. The first-order chi connectivity index (χ1) is 10.2. The zero-order valence-electron chi connectivity index (χ0n) is 11.6. The summed E-state index contributed by atoms with van der Waals surface area (Å²) in [4.78, 5) is 8.36. The molecule has 4 nitrogen and oxygen atoms in total. The third-order valence-electron chi connectivity index (χ3n) is 3.35. The molecular weight excluding hydrogens is 271 g/mol. The van der Waals surface area contributed by atoms with Crippen molar-refractivity contribution in [1.82, 2.24) is 9.97 Å². The van der Waals surface area contributed by atoms with Crippen molar-refractivity contribution in [1.29, 1.82) is 0 Å². The van der Waals surface area contributed by atoms with Gasteiger partial charge in [-0.25, -0.2) is 14.4 Å². The summed E-state index contributed by atoms with van der Waals surface area (Å²) in [6.45, 7) is 2.62. The summed E-state index contributed by atoms with van der Waals surface area (Å²) in [6, 6.07) is 5.85. The van der Waals surface area contributed by atoms with E-state index in [1.54, 1.807) is 12.3 Å². The van der Waals surface area contributed by atoms with Gasteiger partial charge in [-0.3, -0.25) is 0 Å². The van der Waals surface area contributed by atoms with E-state index in [4.69, 9.17) is 4.74 Å². The molecule has 0 aliphatic carbocycles. The number of unbranched alkanes of at least 4 members (excludes halogenated alkanes) is 1. The van der Waals surface area contributed by atoms with Crippen LogP contribution in [0.25, 0.3) is 21.7 Å². The van der Waals surface area contributed by atoms with E-state index in [9.17, 15) is 9.50 Å². The van der Waals surface area contributed by atoms with Gasteiger partial charge < -0.3 is 9.84 Å². The molecule has 0 saturated carbocycles. The van der Waals surface area contributed by atoms with E-state index in [0.717, 1.165) is 12.8 Å². The highest BCUT2D eigenvalue weighted by molar-refractivity contribution is 6.09. The summed E-state index contributed by atoms with van der Waals surface area (Å²) in [6.07, 6.45) is 3.50. The zero-order valence-corrected chi connectivity index (χ0v) is 11.6. The van der Waals surface area contributed by atoms with Crippen LogP contribution >= 0.6 is 0 Å². The average Bonchev–Trinajstić information content (AvgIpc) is 2.47. The van der Waals surface area contributed by atoms with Gasteiger partial charge >= 0.3 is 0 Å². The normalized spacial score (nSPS) is 11.1. The first kappa shape index (κ1) is 13.5. The number of rotatable bonds is 4. The molecule has 0 aliphatic heterocycles. The van der Waals surface area contributed by atoms with Crippen LogP contribution in [0.2, 0.25) is 0 Å². The van der Waals surface area contributed by atoms with Gasteiger partial charge in [0.15, 0.2) is 0 Å². The predicted octanol–water partition coefficient (Wildman–Crippen LogP) is 3.81. The molecule has 3 rings (SSSR count). The second-order valence-corrected chi connectivity index (χ2v) is 4.84. The number of aromatic nitrogens is 2. The van der Waals surface area contributed by atoms with Gasteiger partial charge in [-0.2, -0.15) is 0 Å². The Morgan fingerprint density at radius 2 is 2.10 bits per heavy atom. The van der Waals surface area contributed by atoms with Crippen LogP contribution in [-0.2, 0) is 0 Å². The van der Waals surface area contributed by atoms with Crippen molar-refractivity contribution in [2.75, 3.05) is 6.61 Å². The average molecular weight is 286 g/mol. The summed E-state index contributed by atoms with van der Waals surface area (Å²) in [5.41, 5.74) is 0.534. The van der Waals surface area contributed by atoms with Crippen LogP contribution in [0, 0.1) is 5.82 Å². The Kier molecular flexibility index (Phi) is 3.56. The number of hydrogen-bond acceptors (Lipinski definition) is 4. The Morgan fingerprint density at radius 3 is 2.90 bits per heavy atom. The van der Waals surface area contributed by atoms with E-state index in [0.29, 0.717) is 34.2 Å². The molecule has 1 aromatic carbocycles. The van der Waals surface area contributed by atoms with Crippen LogP contribution in [0.15, 0.2) is 30.5 Å². The fraction of sp³-hybridized carbons (Fsp3) is 0.250. The van der Waals surface area contributed by atoms with Crippen LogP contribution in [-0.4, -0.2) is 21.7 Å². The van der Waals surface area contributed by atoms with Crippen LogP contribution in [0.5, 0.6) is 11.8 Å². The van der Waals surface area contributed by atoms with Crippen molar-refractivity contribution in [3.8, 4) is 11.8 Å². The number of pyridine rings is 2. The molecule has 0 spiro atoms. The van der Waals surface area contributed by atoms with E-state index in [2.05, 4.69) is 16.9 Å². The first-order valence-corrected chi connectivity index (χ1v) is 6.90. The highest BCUT2D eigenvalue weighted by Crippen LogP contribution is 2.34. The molecule has 0 amide bonds. The lowest BCUT2D eigenvalue weighted by atomic mass is 10.1. The maximum absolute atomic E-state index is 13.6.